The molecule has 0 aliphatic heterocycles. The molecule has 0 spiro atoms. The van der Waals surface area contributed by atoms with Crippen LogP contribution in [0.3, 0.4) is 0 Å². The van der Waals surface area contributed by atoms with Gasteiger partial charge in [0, 0.05) is 12.5 Å². The van der Waals surface area contributed by atoms with Gasteiger partial charge in [-0.25, -0.2) is 0 Å². The summed E-state index contributed by atoms with van der Waals surface area (Å²) in [5, 5.41) is 11.4. The number of aliphatic hydroxyl groups is 1. The highest BCUT2D eigenvalue weighted by Gasteiger charge is 2.09. The van der Waals surface area contributed by atoms with Crippen molar-refractivity contribution in [3.63, 3.8) is 0 Å². The summed E-state index contributed by atoms with van der Waals surface area (Å²) < 4.78 is 0. The maximum absolute atomic E-state index is 11.2. The number of nitrogens with one attached hydrogen (secondary N) is 1. The summed E-state index contributed by atoms with van der Waals surface area (Å²) in [6, 6.07) is -0.124. The topological polar surface area (TPSA) is 49.3 Å². The van der Waals surface area contributed by atoms with E-state index in [-0.39, 0.29) is 18.6 Å². The molecule has 1 amide bonds. The first kappa shape index (κ1) is 11.4. The number of hydrogen-bond acceptors (Lipinski definition) is 2. The second kappa shape index (κ2) is 6.00. The van der Waals surface area contributed by atoms with E-state index in [0.29, 0.717) is 12.3 Å². The van der Waals surface area contributed by atoms with Gasteiger partial charge in [-0.05, 0) is 12.8 Å². The van der Waals surface area contributed by atoms with E-state index in [1.54, 1.807) is 6.92 Å². The van der Waals surface area contributed by atoms with E-state index in [0.717, 1.165) is 6.42 Å². The van der Waals surface area contributed by atoms with Crippen molar-refractivity contribution < 1.29 is 9.90 Å². The highest BCUT2D eigenvalue weighted by Crippen LogP contribution is 2.05. The van der Waals surface area contributed by atoms with E-state index < -0.39 is 0 Å². The first-order valence-electron chi connectivity index (χ1n) is 4.50. The zero-order valence-corrected chi connectivity index (χ0v) is 8.13. The molecule has 0 radical (unpaired) electrons. The quantitative estimate of drug-likeness (QED) is 0.649. The van der Waals surface area contributed by atoms with Gasteiger partial charge in [0.25, 0.3) is 0 Å². The van der Waals surface area contributed by atoms with Crippen molar-refractivity contribution in [2.24, 2.45) is 5.92 Å². The summed E-state index contributed by atoms with van der Waals surface area (Å²) in [4.78, 5) is 11.2. The van der Waals surface area contributed by atoms with Crippen LogP contribution in [0.25, 0.3) is 0 Å². The molecule has 0 aromatic rings. The molecular weight excluding hydrogens is 154 g/mol. The van der Waals surface area contributed by atoms with Crippen LogP contribution in [0, 0.1) is 5.92 Å². The Morgan fingerprint density at radius 1 is 1.50 bits per heavy atom. The zero-order valence-electron chi connectivity index (χ0n) is 8.13. The fourth-order valence-electron chi connectivity index (χ4n) is 0.840. The molecule has 0 aromatic heterocycles. The third-order valence-corrected chi connectivity index (χ3v) is 1.91. The lowest BCUT2D eigenvalue weighted by Crippen LogP contribution is -2.35. The first-order valence-corrected chi connectivity index (χ1v) is 4.50. The van der Waals surface area contributed by atoms with Crippen LogP contribution in [0.5, 0.6) is 0 Å². The van der Waals surface area contributed by atoms with Gasteiger partial charge in [0.1, 0.15) is 0 Å². The van der Waals surface area contributed by atoms with Gasteiger partial charge < -0.3 is 10.4 Å². The molecule has 0 aliphatic rings. The minimum atomic E-state index is -0.124. The molecule has 0 fully saturated rings. The maximum Gasteiger partial charge on any atom is 0.220 e. The predicted octanol–water partition coefficient (Wildman–Crippen LogP) is 0.920. The summed E-state index contributed by atoms with van der Waals surface area (Å²) in [5.74, 6) is 0.460. The Labute approximate surface area is 74.2 Å². The lowest BCUT2D eigenvalue weighted by molar-refractivity contribution is -0.122. The molecular formula is C9H19NO2. The molecule has 0 rings (SSSR count). The number of aliphatic hydroxyl groups excluding tert-OH is 1. The van der Waals surface area contributed by atoms with Crippen molar-refractivity contribution in [2.45, 2.75) is 39.7 Å². The van der Waals surface area contributed by atoms with E-state index >= 15 is 0 Å². The first-order chi connectivity index (χ1) is 5.60. The predicted molar refractivity (Wildman–Crippen MR) is 48.8 cm³/mol. The van der Waals surface area contributed by atoms with Gasteiger partial charge in [-0.3, -0.25) is 4.79 Å². The number of carbonyl (C=O) groups excluding carboxylic acids is 1. The minimum Gasteiger partial charge on any atom is -0.394 e. The van der Waals surface area contributed by atoms with Gasteiger partial charge in [-0.1, -0.05) is 20.3 Å². The van der Waals surface area contributed by atoms with Gasteiger partial charge in [0.15, 0.2) is 0 Å². The summed E-state index contributed by atoms with van der Waals surface area (Å²) in [6.45, 7) is 5.90. The van der Waals surface area contributed by atoms with E-state index in [2.05, 4.69) is 12.2 Å². The average molecular weight is 173 g/mol. The Balaban J connectivity index is 3.59. The average Bonchev–Trinajstić information content (AvgIpc) is 2.03. The summed E-state index contributed by atoms with van der Waals surface area (Å²) in [6.07, 6.45) is 1.57. The van der Waals surface area contributed by atoms with Crippen molar-refractivity contribution in [3.05, 3.63) is 0 Å². The molecule has 1 unspecified atom stereocenters. The third kappa shape index (κ3) is 5.13. The van der Waals surface area contributed by atoms with Crippen LogP contribution in [0.4, 0.5) is 0 Å². The van der Waals surface area contributed by atoms with Crippen LogP contribution in [0.2, 0.25) is 0 Å². The minimum absolute atomic E-state index is 0.00620. The number of rotatable bonds is 5. The standard InChI is InChI=1S/C9H19NO2/c1-4-7(2)5-9(12)10-8(3)6-11/h7-8,11H,4-6H2,1-3H3,(H,10,12)/t7?,8-/m0/s1. The van der Waals surface area contributed by atoms with Crippen LogP contribution in [-0.4, -0.2) is 23.7 Å². The lowest BCUT2D eigenvalue weighted by atomic mass is 10.0. The molecule has 0 saturated carbocycles. The molecule has 0 bridgehead atoms. The normalized spacial score (nSPS) is 15.3. The molecule has 3 nitrogen and oxygen atoms in total. The Morgan fingerprint density at radius 3 is 2.50 bits per heavy atom. The third-order valence-electron chi connectivity index (χ3n) is 1.91. The second-order valence-electron chi connectivity index (χ2n) is 3.37. The molecule has 0 saturated heterocycles. The van der Waals surface area contributed by atoms with E-state index in [9.17, 15) is 4.79 Å². The number of hydrogen-bond donors (Lipinski definition) is 2. The van der Waals surface area contributed by atoms with Gasteiger partial charge in [-0.15, -0.1) is 0 Å². The van der Waals surface area contributed by atoms with Crippen LogP contribution < -0.4 is 5.32 Å². The van der Waals surface area contributed by atoms with Gasteiger partial charge in [0.05, 0.1) is 6.61 Å². The summed E-state index contributed by atoms with van der Waals surface area (Å²) >= 11 is 0. The summed E-state index contributed by atoms with van der Waals surface area (Å²) in [5.41, 5.74) is 0. The van der Waals surface area contributed by atoms with Crippen LogP contribution in [-0.2, 0) is 4.79 Å². The van der Waals surface area contributed by atoms with Crippen molar-refractivity contribution in [1.29, 1.82) is 0 Å². The van der Waals surface area contributed by atoms with Crippen molar-refractivity contribution >= 4 is 5.91 Å². The molecule has 72 valence electrons. The van der Waals surface area contributed by atoms with Gasteiger partial charge in [-0.2, -0.15) is 0 Å². The molecule has 2 N–H and O–H groups in total. The number of carbonyl (C=O) groups is 1. The Morgan fingerprint density at radius 2 is 2.08 bits per heavy atom. The van der Waals surface area contributed by atoms with Crippen molar-refractivity contribution in [1.82, 2.24) is 5.32 Å². The van der Waals surface area contributed by atoms with E-state index in [1.165, 1.54) is 0 Å². The zero-order chi connectivity index (χ0) is 9.56. The van der Waals surface area contributed by atoms with E-state index in [1.807, 2.05) is 6.92 Å². The van der Waals surface area contributed by atoms with Crippen molar-refractivity contribution in [3.8, 4) is 0 Å². The van der Waals surface area contributed by atoms with Crippen LogP contribution >= 0.6 is 0 Å². The molecule has 2 atom stereocenters. The highest BCUT2D eigenvalue weighted by atomic mass is 16.3. The van der Waals surface area contributed by atoms with E-state index in [4.69, 9.17) is 5.11 Å². The Kier molecular flexibility index (Phi) is 5.72. The SMILES string of the molecule is CCC(C)CC(=O)N[C@@H](C)CO. The fraction of sp³-hybridized carbons (Fsp3) is 0.889. The lowest BCUT2D eigenvalue weighted by Gasteiger charge is -2.12. The van der Waals surface area contributed by atoms with Crippen molar-refractivity contribution in [2.75, 3.05) is 6.61 Å². The Hall–Kier alpha value is -0.570. The maximum atomic E-state index is 11.2. The second-order valence-corrected chi connectivity index (χ2v) is 3.37. The Bertz CT molecular complexity index is 122. The fourth-order valence-corrected chi connectivity index (χ4v) is 0.840. The van der Waals surface area contributed by atoms with Crippen LogP contribution in [0.15, 0.2) is 0 Å². The monoisotopic (exact) mass is 173 g/mol. The largest absolute Gasteiger partial charge is 0.394 e. The molecule has 0 heterocycles. The number of amides is 1. The molecule has 3 heteroatoms. The van der Waals surface area contributed by atoms with Gasteiger partial charge in [0.2, 0.25) is 5.91 Å². The smallest absolute Gasteiger partial charge is 0.220 e. The molecule has 0 aliphatic carbocycles. The summed E-state index contributed by atoms with van der Waals surface area (Å²) in [7, 11) is 0. The molecule has 12 heavy (non-hydrogen) atoms. The highest BCUT2D eigenvalue weighted by molar-refractivity contribution is 5.76. The molecule has 0 aromatic carbocycles. The van der Waals surface area contributed by atoms with Gasteiger partial charge >= 0.3 is 0 Å². The van der Waals surface area contributed by atoms with Crippen LogP contribution in [0.1, 0.15) is 33.6 Å².